The molecule has 0 aliphatic heterocycles. The summed E-state index contributed by atoms with van der Waals surface area (Å²) in [6.07, 6.45) is 0. The summed E-state index contributed by atoms with van der Waals surface area (Å²) in [6, 6.07) is 5.43. The van der Waals surface area contributed by atoms with E-state index in [2.05, 4.69) is 0 Å². The minimum atomic E-state index is -3.81. The molecule has 0 saturated carbocycles. The van der Waals surface area contributed by atoms with E-state index in [9.17, 15) is 13.2 Å². The molecule has 0 spiro atoms. The maximum absolute atomic E-state index is 11.7. The van der Waals surface area contributed by atoms with Gasteiger partial charge in [0.15, 0.2) is 15.1 Å². The molecule has 0 saturated heterocycles. The molecule has 15 heavy (non-hydrogen) atoms. The van der Waals surface area contributed by atoms with Gasteiger partial charge in [0.25, 0.3) is 0 Å². The first-order valence-electron chi connectivity index (χ1n) is 4.18. The molecular formula is C9H11NO4S. The average molecular weight is 229 g/mol. The third-order valence-electron chi connectivity index (χ3n) is 2.02. The number of sulfone groups is 1. The van der Waals surface area contributed by atoms with Crippen molar-refractivity contribution in [2.75, 3.05) is 5.73 Å². The van der Waals surface area contributed by atoms with E-state index in [1.807, 2.05) is 0 Å². The van der Waals surface area contributed by atoms with Gasteiger partial charge in [-0.1, -0.05) is 0 Å². The van der Waals surface area contributed by atoms with Gasteiger partial charge in [-0.25, -0.2) is 8.42 Å². The highest BCUT2D eigenvalue weighted by atomic mass is 32.2. The Bertz CT molecular complexity index is 463. The number of hydrogen-bond donors (Lipinski definition) is 2. The van der Waals surface area contributed by atoms with E-state index in [1.165, 1.54) is 24.3 Å². The van der Waals surface area contributed by atoms with Crippen LogP contribution in [0.4, 0.5) is 5.69 Å². The Hall–Kier alpha value is -1.56. The minimum Gasteiger partial charge on any atom is -0.480 e. The second-order valence-corrected chi connectivity index (χ2v) is 5.36. The molecule has 0 bridgehead atoms. The molecule has 0 aromatic heterocycles. The number of carboxylic acid groups (broad SMARTS) is 1. The fourth-order valence-electron chi connectivity index (χ4n) is 0.994. The zero-order valence-corrected chi connectivity index (χ0v) is 8.86. The Morgan fingerprint density at radius 3 is 2.20 bits per heavy atom. The van der Waals surface area contributed by atoms with Crippen molar-refractivity contribution < 1.29 is 18.3 Å². The highest BCUT2D eigenvalue weighted by molar-refractivity contribution is 7.92. The standard InChI is InChI=1S/C9H11NO4S/c1-6(9(11)12)15(13,14)8-4-2-7(10)3-5-8/h2-6H,10H2,1H3,(H,11,12). The first-order chi connectivity index (χ1) is 6.85. The Balaban J connectivity index is 3.17. The smallest absolute Gasteiger partial charge is 0.321 e. The number of nitrogen functional groups attached to an aromatic ring is 1. The summed E-state index contributed by atoms with van der Waals surface area (Å²) in [5.74, 6) is -1.37. The van der Waals surface area contributed by atoms with E-state index in [4.69, 9.17) is 10.8 Å². The van der Waals surface area contributed by atoms with Crippen LogP contribution in [0.1, 0.15) is 6.92 Å². The van der Waals surface area contributed by atoms with Crippen molar-refractivity contribution >= 4 is 21.5 Å². The molecule has 0 amide bonds. The van der Waals surface area contributed by atoms with Gasteiger partial charge in [-0.2, -0.15) is 0 Å². The van der Waals surface area contributed by atoms with Gasteiger partial charge < -0.3 is 10.8 Å². The van der Waals surface area contributed by atoms with Gasteiger partial charge in [0.05, 0.1) is 4.90 Å². The van der Waals surface area contributed by atoms with Crippen molar-refractivity contribution in [3.63, 3.8) is 0 Å². The zero-order valence-electron chi connectivity index (χ0n) is 8.04. The fourth-order valence-corrected chi connectivity index (χ4v) is 2.18. The monoisotopic (exact) mass is 229 g/mol. The number of hydrogen-bond acceptors (Lipinski definition) is 4. The Morgan fingerprint density at radius 1 is 1.33 bits per heavy atom. The van der Waals surface area contributed by atoms with Crippen LogP contribution in [0.3, 0.4) is 0 Å². The van der Waals surface area contributed by atoms with Gasteiger partial charge in [-0.15, -0.1) is 0 Å². The molecule has 0 aliphatic rings. The predicted molar refractivity (Wildman–Crippen MR) is 55.1 cm³/mol. The lowest BCUT2D eigenvalue weighted by molar-refractivity contribution is -0.136. The predicted octanol–water partition coefficient (Wildman–Crippen LogP) is 0.516. The molecule has 0 heterocycles. The van der Waals surface area contributed by atoms with Gasteiger partial charge in [-0.05, 0) is 31.2 Å². The molecule has 0 radical (unpaired) electrons. The van der Waals surface area contributed by atoms with Crippen molar-refractivity contribution in [3.8, 4) is 0 Å². The summed E-state index contributed by atoms with van der Waals surface area (Å²) in [6.45, 7) is 1.13. The van der Waals surface area contributed by atoms with Crippen molar-refractivity contribution in [2.24, 2.45) is 0 Å². The fraction of sp³-hybridized carbons (Fsp3) is 0.222. The number of aliphatic carboxylic acids is 1. The molecule has 1 aromatic rings. The lowest BCUT2D eigenvalue weighted by Gasteiger charge is -2.08. The van der Waals surface area contributed by atoms with E-state index in [0.717, 1.165) is 6.92 Å². The van der Waals surface area contributed by atoms with Crippen LogP contribution in [-0.4, -0.2) is 24.7 Å². The molecule has 3 N–H and O–H groups in total. The summed E-state index contributed by atoms with van der Waals surface area (Å²) in [5, 5.41) is 7.17. The molecule has 1 rings (SSSR count). The maximum Gasteiger partial charge on any atom is 0.321 e. The minimum absolute atomic E-state index is 0.0356. The topological polar surface area (TPSA) is 97.5 Å². The van der Waals surface area contributed by atoms with Gasteiger partial charge in [0.1, 0.15) is 0 Å². The molecule has 0 fully saturated rings. The average Bonchev–Trinajstić information content (AvgIpc) is 2.17. The third-order valence-corrected chi connectivity index (χ3v) is 4.08. The third kappa shape index (κ3) is 2.27. The largest absolute Gasteiger partial charge is 0.480 e. The molecule has 1 unspecified atom stereocenters. The summed E-state index contributed by atoms with van der Waals surface area (Å²) >= 11 is 0. The molecule has 1 aromatic carbocycles. The van der Waals surface area contributed by atoms with Crippen LogP contribution in [0.15, 0.2) is 29.2 Å². The number of carboxylic acids is 1. The second-order valence-electron chi connectivity index (χ2n) is 3.09. The number of carbonyl (C=O) groups is 1. The lowest BCUT2D eigenvalue weighted by Crippen LogP contribution is -2.26. The number of nitrogens with two attached hydrogens (primary N) is 1. The normalized spacial score (nSPS) is 13.4. The first kappa shape index (κ1) is 11.5. The molecule has 0 aliphatic carbocycles. The van der Waals surface area contributed by atoms with Crippen molar-refractivity contribution in [3.05, 3.63) is 24.3 Å². The summed E-state index contributed by atoms with van der Waals surface area (Å²) in [5.41, 5.74) is 5.82. The van der Waals surface area contributed by atoms with Gasteiger partial charge in [0, 0.05) is 5.69 Å². The van der Waals surface area contributed by atoms with E-state index in [-0.39, 0.29) is 4.90 Å². The molecule has 82 valence electrons. The molecule has 5 nitrogen and oxygen atoms in total. The van der Waals surface area contributed by atoms with Crippen molar-refractivity contribution in [1.29, 1.82) is 0 Å². The maximum atomic E-state index is 11.7. The summed E-state index contributed by atoms with van der Waals surface area (Å²) in [4.78, 5) is 10.5. The van der Waals surface area contributed by atoms with Crippen molar-refractivity contribution in [2.45, 2.75) is 17.1 Å². The van der Waals surface area contributed by atoms with Gasteiger partial charge in [-0.3, -0.25) is 4.79 Å². The highest BCUT2D eigenvalue weighted by Crippen LogP contribution is 2.17. The second kappa shape index (κ2) is 3.90. The number of anilines is 1. The van der Waals surface area contributed by atoms with Crippen LogP contribution in [0.2, 0.25) is 0 Å². The quantitative estimate of drug-likeness (QED) is 0.736. The van der Waals surface area contributed by atoms with E-state index >= 15 is 0 Å². The molecular weight excluding hydrogens is 218 g/mol. The SMILES string of the molecule is CC(C(=O)O)S(=O)(=O)c1ccc(N)cc1. The molecule has 1 atom stereocenters. The Labute approximate surface area is 87.4 Å². The summed E-state index contributed by atoms with van der Waals surface area (Å²) in [7, 11) is -3.81. The van der Waals surface area contributed by atoms with Crippen molar-refractivity contribution in [1.82, 2.24) is 0 Å². The Morgan fingerprint density at radius 2 is 1.80 bits per heavy atom. The van der Waals surface area contributed by atoms with Crippen LogP contribution < -0.4 is 5.73 Å². The van der Waals surface area contributed by atoms with Crippen LogP contribution >= 0.6 is 0 Å². The molecule has 6 heteroatoms. The van der Waals surface area contributed by atoms with Crippen LogP contribution in [-0.2, 0) is 14.6 Å². The van der Waals surface area contributed by atoms with E-state index in [0.29, 0.717) is 5.69 Å². The van der Waals surface area contributed by atoms with Crippen LogP contribution in [0.5, 0.6) is 0 Å². The number of rotatable bonds is 3. The summed E-state index contributed by atoms with van der Waals surface area (Å²) < 4.78 is 23.3. The van der Waals surface area contributed by atoms with E-state index in [1.54, 1.807) is 0 Å². The van der Waals surface area contributed by atoms with Crippen LogP contribution in [0.25, 0.3) is 0 Å². The van der Waals surface area contributed by atoms with Crippen LogP contribution in [0, 0.1) is 0 Å². The van der Waals surface area contributed by atoms with Gasteiger partial charge >= 0.3 is 5.97 Å². The Kier molecular flexibility index (Phi) is 2.99. The zero-order chi connectivity index (χ0) is 11.6. The highest BCUT2D eigenvalue weighted by Gasteiger charge is 2.29. The van der Waals surface area contributed by atoms with E-state index < -0.39 is 21.1 Å². The number of benzene rings is 1. The lowest BCUT2D eigenvalue weighted by atomic mass is 10.3. The van der Waals surface area contributed by atoms with Gasteiger partial charge in [0.2, 0.25) is 0 Å². The first-order valence-corrected chi connectivity index (χ1v) is 5.72.